The number of halogens is 2. The highest BCUT2D eigenvalue weighted by atomic mass is 35.5. The molecule has 9 nitrogen and oxygen atoms in total. The summed E-state index contributed by atoms with van der Waals surface area (Å²) in [4.78, 5) is 37.7. The minimum atomic E-state index is -1.12. The Morgan fingerprint density at radius 2 is 2.03 bits per heavy atom. The maximum Gasteiger partial charge on any atom is 0.330 e. The van der Waals surface area contributed by atoms with Gasteiger partial charge in [0.05, 0.1) is 18.9 Å². The Morgan fingerprint density at radius 3 is 2.70 bits per heavy atom. The molecule has 1 aliphatic heterocycles. The third-order valence-corrected chi connectivity index (χ3v) is 5.46. The third kappa shape index (κ3) is 6.73. The Balaban J connectivity index is 1.72. The third-order valence-electron chi connectivity index (χ3n) is 5.21. The molecule has 1 saturated heterocycles. The first-order chi connectivity index (χ1) is 15.6. The number of H-pyrrole nitrogens is 1. The molecule has 3 rings (SSSR count). The Labute approximate surface area is 194 Å². The van der Waals surface area contributed by atoms with Crippen LogP contribution < -0.4 is 17.0 Å². The molecule has 180 valence electrons. The zero-order chi connectivity index (χ0) is 24.1. The zero-order valence-corrected chi connectivity index (χ0v) is 19.1. The van der Waals surface area contributed by atoms with Crippen LogP contribution in [0.3, 0.4) is 0 Å². The number of aromatic amines is 1. The molecule has 2 heterocycles. The highest BCUT2D eigenvalue weighted by Crippen LogP contribution is 2.31. The Morgan fingerprint density at radius 1 is 1.33 bits per heavy atom. The van der Waals surface area contributed by atoms with E-state index in [0.29, 0.717) is 11.4 Å². The Hall–Kier alpha value is -2.53. The highest BCUT2D eigenvalue weighted by molar-refractivity contribution is 6.30. The van der Waals surface area contributed by atoms with Crippen molar-refractivity contribution in [1.29, 1.82) is 0 Å². The van der Waals surface area contributed by atoms with Gasteiger partial charge < -0.3 is 19.9 Å². The summed E-state index contributed by atoms with van der Waals surface area (Å²) in [5.74, 6) is -1.47. The summed E-state index contributed by atoms with van der Waals surface area (Å²) in [5.41, 5.74) is 4.79. The van der Waals surface area contributed by atoms with E-state index in [9.17, 15) is 18.8 Å². The topological polar surface area (TPSA) is 126 Å². The number of nitrogens with zero attached hydrogens (tertiary/aromatic N) is 1. The second-order valence-corrected chi connectivity index (χ2v) is 8.79. The van der Waals surface area contributed by atoms with Crippen LogP contribution in [-0.4, -0.2) is 40.4 Å². The molecule has 0 saturated carbocycles. The average Bonchev–Trinajstić information content (AvgIpc) is 3.16. The van der Waals surface area contributed by atoms with Gasteiger partial charge in [0, 0.05) is 11.4 Å². The fourth-order valence-electron chi connectivity index (χ4n) is 3.53. The number of nitrogens with one attached hydrogen (secondary N) is 1. The second-order valence-electron chi connectivity index (χ2n) is 8.35. The molecule has 11 heteroatoms. The van der Waals surface area contributed by atoms with Gasteiger partial charge in [-0.25, -0.2) is 4.79 Å². The van der Waals surface area contributed by atoms with Crippen LogP contribution >= 0.6 is 11.6 Å². The van der Waals surface area contributed by atoms with Gasteiger partial charge in [0.1, 0.15) is 25.0 Å². The van der Waals surface area contributed by atoms with Crippen LogP contribution in [0.5, 0.6) is 0 Å². The van der Waals surface area contributed by atoms with E-state index in [-0.39, 0.29) is 25.6 Å². The Bertz CT molecular complexity index is 1070. The van der Waals surface area contributed by atoms with Gasteiger partial charge >= 0.3 is 11.7 Å². The molecule has 1 fully saturated rings. The number of carbonyl (C=O) groups is 1. The van der Waals surface area contributed by atoms with Gasteiger partial charge in [-0.2, -0.15) is 4.39 Å². The summed E-state index contributed by atoms with van der Waals surface area (Å²) in [5, 5.41) is 0.588. The number of esters is 1. The molecular weight excluding hydrogens is 457 g/mol. The first-order valence-electron chi connectivity index (χ1n) is 10.6. The number of ether oxygens (including phenoxy) is 3. The van der Waals surface area contributed by atoms with Gasteiger partial charge in [-0.3, -0.25) is 19.1 Å². The monoisotopic (exact) mass is 483 g/mol. The smallest absolute Gasteiger partial charge is 0.330 e. The predicted molar refractivity (Wildman–Crippen MR) is 118 cm³/mol. The molecule has 0 aliphatic carbocycles. The standard InChI is InChI=1S/C22H27ClFN3O6/c1-12(2)7-16(25)21(29)32-11-18-17(31-10-13-3-5-14(23)6-4-13)8-19(33-18)27-9-15(24)20(28)26-22(27)30/h3-6,9,12,16-19H,7-8,10-11,25H2,1-2H3,(H,26,28,30)/t16?,17-,18+,19+/m0/s1. The Kier molecular flexibility index (Phi) is 8.41. The molecule has 0 amide bonds. The van der Waals surface area contributed by atoms with Gasteiger partial charge in [-0.15, -0.1) is 0 Å². The van der Waals surface area contributed by atoms with Crippen molar-refractivity contribution in [1.82, 2.24) is 9.55 Å². The minimum Gasteiger partial charge on any atom is -0.462 e. The zero-order valence-electron chi connectivity index (χ0n) is 18.3. The number of rotatable bonds is 9. The van der Waals surface area contributed by atoms with Crippen molar-refractivity contribution in [2.24, 2.45) is 11.7 Å². The van der Waals surface area contributed by atoms with Gasteiger partial charge in [0.15, 0.2) is 0 Å². The van der Waals surface area contributed by atoms with Crippen molar-refractivity contribution in [2.75, 3.05) is 6.61 Å². The van der Waals surface area contributed by atoms with Gasteiger partial charge in [0.2, 0.25) is 5.82 Å². The summed E-state index contributed by atoms with van der Waals surface area (Å²) in [6, 6.07) is 6.29. The van der Waals surface area contributed by atoms with Crippen molar-refractivity contribution in [3.8, 4) is 0 Å². The van der Waals surface area contributed by atoms with E-state index < -0.39 is 47.5 Å². The first kappa shape index (κ1) is 25.1. The van der Waals surface area contributed by atoms with Gasteiger partial charge in [-0.05, 0) is 30.0 Å². The summed E-state index contributed by atoms with van der Waals surface area (Å²) >= 11 is 5.91. The van der Waals surface area contributed by atoms with Crippen LogP contribution in [0, 0.1) is 11.7 Å². The van der Waals surface area contributed by atoms with Gasteiger partial charge in [-0.1, -0.05) is 37.6 Å². The predicted octanol–water partition coefficient (Wildman–Crippen LogP) is 2.12. The van der Waals surface area contributed by atoms with Crippen LogP contribution in [0.4, 0.5) is 4.39 Å². The van der Waals surface area contributed by atoms with Crippen LogP contribution in [0.25, 0.3) is 0 Å². The van der Waals surface area contributed by atoms with Crippen molar-refractivity contribution >= 4 is 17.6 Å². The maximum atomic E-state index is 13.8. The normalized spacial score (nSPS) is 21.3. The molecule has 1 unspecified atom stereocenters. The maximum absolute atomic E-state index is 13.8. The van der Waals surface area contributed by atoms with E-state index in [2.05, 4.69) is 0 Å². The summed E-state index contributed by atoms with van der Waals surface area (Å²) < 4.78 is 31.9. The molecule has 0 spiro atoms. The highest BCUT2D eigenvalue weighted by Gasteiger charge is 2.39. The molecular formula is C22H27ClFN3O6. The summed E-state index contributed by atoms with van der Waals surface area (Å²) in [7, 11) is 0. The van der Waals surface area contributed by atoms with Crippen molar-refractivity contribution < 1.29 is 23.4 Å². The second kappa shape index (κ2) is 11.1. The SMILES string of the molecule is CC(C)CC(N)C(=O)OC[C@H]1O[C@@H](n2cc(F)c(=O)[nH]c2=O)C[C@@H]1OCc1ccc(Cl)cc1. The molecule has 0 bridgehead atoms. The lowest BCUT2D eigenvalue weighted by Crippen LogP contribution is -2.37. The molecule has 1 aromatic carbocycles. The van der Waals surface area contributed by atoms with Crippen molar-refractivity contribution in [3.63, 3.8) is 0 Å². The van der Waals surface area contributed by atoms with E-state index in [0.717, 1.165) is 16.3 Å². The molecule has 3 N–H and O–H groups in total. The van der Waals surface area contributed by atoms with Gasteiger partial charge in [0.25, 0.3) is 5.56 Å². The molecule has 33 heavy (non-hydrogen) atoms. The first-order valence-corrected chi connectivity index (χ1v) is 11.0. The summed E-state index contributed by atoms with van der Waals surface area (Å²) in [6.45, 7) is 3.94. The number of benzene rings is 1. The van der Waals surface area contributed by atoms with Crippen molar-refractivity contribution in [3.05, 3.63) is 67.7 Å². The fraction of sp³-hybridized carbons (Fsp3) is 0.500. The molecule has 1 aliphatic rings. The minimum absolute atomic E-state index is 0.160. The molecule has 0 radical (unpaired) electrons. The largest absolute Gasteiger partial charge is 0.462 e. The van der Waals surface area contributed by atoms with Crippen LogP contribution in [0.1, 0.15) is 38.5 Å². The molecule has 1 aromatic heterocycles. The fourth-order valence-corrected chi connectivity index (χ4v) is 3.66. The average molecular weight is 484 g/mol. The van der Waals surface area contributed by atoms with Crippen LogP contribution in [0.15, 0.2) is 40.1 Å². The quantitative estimate of drug-likeness (QED) is 0.523. The van der Waals surface area contributed by atoms with Crippen LogP contribution in [0.2, 0.25) is 5.02 Å². The lowest BCUT2D eigenvalue weighted by atomic mass is 10.1. The van der Waals surface area contributed by atoms with E-state index in [1.165, 1.54) is 0 Å². The van der Waals surface area contributed by atoms with E-state index in [1.54, 1.807) is 24.3 Å². The number of hydrogen-bond donors (Lipinski definition) is 2. The molecule has 2 aromatic rings. The van der Waals surface area contributed by atoms with E-state index in [1.807, 2.05) is 18.8 Å². The van der Waals surface area contributed by atoms with Crippen LogP contribution in [-0.2, 0) is 25.6 Å². The molecule has 4 atom stereocenters. The lowest BCUT2D eigenvalue weighted by molar-refractivity contribution is -0.153. The number of aromatic nitrogens is 2. The number of hydrogen-bond acceptors (Lipinski definition) is 7. The number of nitrogens with two attached hydrogens (primary N) is 1. The van der Waals surface area contributed by atoms with E-state index >= 15 is 0 Å². The lowest BCUT2D eigenvalue weighted by Gasteiger charge is -2.20. The number of carbonyl (C=O) groups excluding carboxylic acids is 1. The van der Waals surface area contributed by atoms with E-state index in [4.69, 9.17) is 31.5 Å². The van der Waals surface area contributed by atoms with Crippen molar-refractivity contribution in [2.45, 2.75) is 57.8 Å². The summed E-state index contributed by atoms with van der Waals surface area (Å²) in [6.07, 6.45) is -0.822.